The predicted molar refractivity (Wildman–Crippen MR) is 79.3 cm³/mol. The van der Waals surface area contributed by atoms with Gasteiger partial charge in [-0.3, -0.25) is 0 Å². The summed E-state index contributed by atoms with van der Waals surface area (Å²) in [6.07, 6.45) is 2.82. The number of fused-ring (bicyclic) bond motifs is 1. The van der Waals surface area contributed by atoms with Gasteiger partial charge in [-0.15, -0.1) is 0 Å². The van der Waals surface area contributed by atoms with Crippen LogP contribution in [0.3, 0.4) is 0 Å². The fourth-order valence-corrected chi connectivity index (χ4v) is 4.98. The van der Waals surface area contributed by atoms with E-state index in [1.165, 1.54) is 5.56 Å². The average Bonchev–Trinajstić information content (AvgIpc) is 2.86. The molecule has 0 saturated carbocycles. The van der Waals surface area contributed by atoms with Crippen LogP contribution in [0.15, 0.2) is 23.1 Å². The minimum absolute atomic E-state index is 0.0902. The summed E-state index contributed by atoms with van der Waals surface area (Å²) in [6, 6.07) is 5.47. The number of nitrogens with one attached hydrogen (secondary N) is 2. The van der Waals surface area contributed by atoms with Gasteiger partial charge in [0.05, 0.1) is 4.90 Å². The summed E-state index contributed by atoms with van der Waals surface area (Å²) in [5.41, 5.74) is 2.16. The van der Waals surface area contributed by atoms with Crippen molar-refractivity contribution in [1.29, 1.82) is 0 Å². The highest BCUT2D eigenvalue weighted by Crippen LogP contribution is 2.26. The highest BCUT2D eigenvalue weighted by atomic mass is 32.2. The summed E-state index contributed by atoms with van der Waals surface area (Å²) in [5, 5.41) is 3.22. The van der Waals surface area contributed by atoms with Gasteiger partial charge in [0.25, 0.3) is 0 Å². The molecule has 0 aromatic heterocycles. The minimum atomic E-state index is -3.38. The molecule has 2 N–H and O–H groups in total. The number of thioether (sulfide) groups is 1. The van der Waals surface area contributed by atoms with Gasteiger partial charge in [0.15, 0.2) is 0 Å². The van der Waals surface area contributed by atoms with Crippen molar-refractivity contribution in [3.8, 4) is 0 Å². The van der Waals surface area contributed by atoms with Gasteiger partial charge in [0.1, 0.15) is 0 Å². The summed E-state index contributed by atoms with van der Waals surface area (Å²) in [4.78, 5) is 0.374. The Kier molecular flexibility index (Phi) is 3.73. The Morgan fingerprint density at radius 1 is 1.26 bits per heavy atom. The Morgan fingerprint density at radius 3 is 2.84 bits per heavy atom. The first-order valence-corrected chi connectivity index (χ1v) is 9.26. The number of sulfonamides is 1. The van der Waals surface area contributed by atoms with E-state index in [9.17, 15) is 8.42 Å². The maximum Gasteiger partial charge on any atom is 0.240 e. The standard InChI is InChI=1S/C13H18N2O2S2/c16-19(17,15-11-4-7-18-8-5-11)12-2-1-10-3-6-14-13(10)9-12/h1-2,9,11,14-15H,3-8H2. The second kappa shape index (κ2) is 5.34. The number of benzene rings is 1. The monoisotopic (exact) mass is 298 g/mol. The summed E-state index contributed by atoms with van der Waals surface area (Å²) in [6.45, 7) is 0.895. The van der Waals surface area contributed by atoms with E-state index in [1.807, 2.05) is 17.8 Å². The van der Waals surface area contributed by atoms with Gasteiger partial charge in [0, 0.05) is 18.3 Å². The maximum atomic E-state index is 12.4. The van der Waals surface area contributed by atoms with Gasteiger partial charge in [-0.25, -0.2) is 13.1 Å². The molecule has 2 aliphatic heterocycles. The molecular formula is C13H18N2O2S2. The summed E-state index contributed by atoms with van der Waals surface area (Å²) in [7, 11) is -3.38. The van der Waals surface area contributed by atoms with Crippen LogP contribution in [0.5, 0.6) is 0 Å². The van der Waals surface area contributed by atoms with Crippen LogP contribution in [-0.4, -0.2) is 32.5 Å². The fourth-order valence-electron chi connectivity index (χ4n) is 2.54. The van der Waals surface area contributed by atoms with Gasteiger partial charge < -0.3 is 5.32 Å². The van der Waals surface area contributed by atoms with Crippen LogP contribution in [0, 0.1) is 0 Å². The van der Waals surface area contributed by atoms with Crippen molar-refractivity contribution in [1.82, 2.24) is 4.72 Å². The maximum absolute atomic E-state index is 12.4. The van der Waals surface area contributed by atoms with Gasteiger partial charge in [-0.2, -0.15) is 11.8 Å². The first-order valence-electron chi connectivity index (χ1n) is 6.62. The molecular weight excluding hydrogens is 280 g/mol. The molecule has 0 aliphatic carbocycles. The molecule has 0 bridgehead atoms. The molecule has 0 atom stereocenters. The van der Waals surface area contributed by atoms with Crippen LogP contribution in [0.25, 0.3) is 0 Å². The van der Waals surface area contributed by atoms with Crippen LogP contribution < -0.4 is 10.0 Å². The zero-order valence-corrected chi connectivity index (χ0v) is 12.3. The van der Waals surface area contributed by atoms with E-state index in [1.54, 1.807) is 12.1 Å². The second-order valence-electron chi connectivity index (χ2n) is 5.00. The molecule has 19 heavy (non-hydrogen) atoms. The molecule has 4 nitrogen and oxygen atoms in total. The largest absolute Gasteiger partial charge is 0.384 e. The third-order valence-corrected chi connectivity index (χ3v) is 6.21. The normalized spacial score (nSPS) is 20.0. The minimum Gasteiger partial charge on any atom is -0.384 e. The first kappa shape index (κ1) is 13.3. The zero-order valence-electron chi connectivity index (χ0n) is 10.7. The Hall–Kier alpha value is -0.720. The van der Waals surface area contributed by atoms with E-state index >= 15 is 0 Å². The summed E-state index contributed by atoms with van der Waals surface area (Å²) in [5.74, 6) is 2.08. The van der Waals surface area contributed by atoms with E-state index in [0.717, 1.165) is 43.0 Å². The first-order chi connectivity index (χ1) is 9.15. The summed E-state index contributed by atoms with van der Waals surface area (Å²) < 4.78 is 27.5. The molecule has 1 aromatic rings. The lowest BCUT2D eigenvalue weighted by Gasteiger charge is -2.22. The van der Waals surface area contributed by atoms with Crippen molar-refractivity contribution in [3.63, 3.8) is 0 Å². The molecule has 2 heterocycles. The molecule has 2 aliphatic rings. The molecule has 0 amide bonds. The molecule has 6 heteroatoms. The van der Waals surface area contributed by atoms with E-state index in [0.29, 0.717) is 4.90 Å². The predicted octanol–water partition coefficient (Wildman–Crippen LogP) is 1.83. The highest BCUT2D eigenvalue weighted by Gasteiger charge is 2.23. The lowest BCUT2D eigenvalue weighted by Crippen LogP contribution is -2.37. The smallest absolute Gasteiger partial charge is 0.240 e. The van der Waals surface area contributed by atoms with Crippen LogP contribution in [0.1, 0.15) is 18.4 Å². The molecule has 1 aromatic carbocycles. The third kappa shape index (κ3) is 2.90. The van der Waals surface area contributed by atoms with E-state index in [2.05, 4.69) is 10.0 Å². The topological polar surface area (TPSA) is 58.2 Å². The van der Waals surface area contributed by atoms with E-state index in [-0.39, 0.29) is 6.04 Å². The van der Waals surface area contributed by atoms with Crippen LogP contribution in [0.2, 0.25) is 0 Å². The molecule has 1 fully saturated rings. The molecule has 1 saturated heterocycles. The molecule has 0 radical (unpaired) electrons. The van der Waals surface area contributed by atoms with Crippen LogP contribution >= 0.6 is 11.8 Å². The number of hydrogen-bond donors (Lipinski definition) is 2. The lowest BCUT2D eigenvalue weighted by molar-refractivity contribution is 0.529. The zero-order chi connectivity index (χ0) is 13.3. The van der Waals surface area contributed by atoms with Crippen molar-refractivity contribution in [2.75, 3.05) is 23.4 Å². The van der Waals surface area contributed by atoms with E-state index < -0.39 is 10.0 Å². The van der Waals surface area contributed by atoms with Crippen LogP contribution in [-0.2, 0) is 16.4 Å². The van der Waals surface area contributed by atoms with Gasteiger partial charge >= 0.3 is 0 Å². The van der Waals surface area contributed by atoms with E-state index in [4.69, 9.17) is 0 Å². The average molecular weight is 298 g/mol. The summed E-state index contributed by atoms with van der Waals surface area (Å²) >= 11 is 1.89. The van der Waals surface area contributed by atoms with Crippen molar-refractivity contribution >= 4 is 27.5 Å². The Labute approximate surface area is 118 Å². The molecule has 0 spiro atoms. The third-order valence-electron chi connectivity index (χ3n) is 3.64. The van der Waals surface area contributed by atoms with Crippen LogP contribution in [0.4, 0.5) is 5.69 Å². The van der Waals surface area contributed by atoms with Crippen molar-refractivity contribution in [3.05, 3.63) is 23.8 Å². The van der Waals surface area contributed by atoms with Crippen molar-refractivity contribution in [2.24, 2.45) is 0 Å². The van der Waals surface area contributed by atoms with Crippen molar-refractivity contribution < 1.29 is 8.42 Å². The number of hydrogen-bond acceptors (Lipinski definition) is 4. The second-order valence-corrected chi connectivity index (χ2v) is 7.94. The van der Waals surface area contributed by atoms with Gasteiger partial charge in [-0.1, -0.05) is 6.07 Å². The molecule has 104 valence electrons. The quantitative estimate of drug-likeness (QED) is 0.894. The van der Waals surface area contributed by atoms with Gasteiger partial charge in [0.2, 0.25) is 10.0 Å². The Morgan fingerprint density at radius 2 is 2.05 bits per heavy atom. The fraction of sp³-hybridized carbons (Fsp3) is 0.538. The SMILES string of the molecule is O=S(=O)(NC1CCSCC1)c1ccc2c(c1)NCC2. The Balaban J connectivity index is 1.79. The Bertz CT molecular complexity index is 566. The molecule has 3 rings (SSSR count). The van der Waals surface area contributed by atoms with Crippen molar-refractivity contribution in [2.45, 2.75) is 30.2 Å². The number of rotatable bonds is 3. The number of anilines is 1. The van der Waals surface area contributed by atoms with Gasteiger partial charge in [-0.05, 0) is 48.5 Å². The molecule has 0 unspecified atom stereocenters. The lowest BCUT2D eigenvalue weighted by atomic mass is 10.2. The highest BCUT2D eigenvalue weighted by molar-refractivity contribution is 7.99.